The lowest BCUT2D eigenvalue weighted by Gasteiger charge is -2.26. The topological polar surface area (TPSA) is 81.6 Å². The third kappa shape index (κ3) is 13.2. The maximum atomic E-state index is 12.7. The van der Waals surface area contributed by atoms with Crippen LogP contribution in [0.4, 0.5) is 0 Å². The van der Waals surface area contributed by atoms with Crippen molar-refractivity contribution in [1.29, 1.82) is 0 Å². The van der Waals surface area contributed by atoms with Crippen LogP contribution in [-0.4, -0.2) is 43.1 Å². The van der Waals surface area contributed by atoms with Gasteiger partial charge in [0, 0.05) is 13.1 Å². The van der Waals surface area contributed by atoms with Gasteiger partial charge in [-0.15, -0.1) is 24.8 Å². The van der Waals surface area contributed by atoms with Gasteiger partial charge in [-0.25, -0.2) is 0 Å². The highest BCUT2D eigenvalue weighted by Crippen LogP contribution is 2.10. The predicted octanol–water partition coefficient (Wildman–Crippen LogP) is 4.16. The summed E-state index contributed by atoms with van der Waals surface area (Å²) in [5.74, 6) is 0.935. The first kappa shape index (κ1) is 29.2. The lowest BCUT2D eigenvalue weighted by molar-refractivity contribution is -0.133. The zero-order chi connectivity index (χ0) is 19.0. The number of nitrogens with zero attached hydrogens (tertiary/aromatic N) is 1. The number of amides is 1. The molecule has 0 bridgehead atoms. The molecule has 0 fully saturated rings. The number of unbranched alkanes of at least 4 members (excludes halogenated alkanes) is 4. The summed E-state index contributed by atoms with van der Waals surface area (Å²) in [7, 11) is 0. The first-order chi connectivity index (χ1) is 12.7. The molecule has 0 aromatic heterocycles. The number of para-hydroxylation sites is 1. The fourth-order valence-electron chi connectivity index (χ4n) is 2.89. The van der Waals surface area contributed by atoms with Crippen molar-refractivity contribution in [2.24, 2.45) is 11.5 Å². The number of carbonyl (C=O) groups is 1. The minimum Gasteiger partial charge on any atom is -0.494 e. The molecular formula is C21H39Cl2N3O2. The van der Waals surface area contributed by atoms with E-state index in [1.165, 1.54) is 12.8 Å². The molecular weight excluding hydrogens is 397 g/mol. The van der Waals surface area contributed by atoms with Crippen LogP contribution in [0.15, 0.2) is 30.3 Å². The van der Waals surface area contributed by atoms with E-state index in [-0.39, 0.29) is 30.7 Å². The first-order valence-electron chi connectivity index (χ1n) is 10.1. The minimum atomic E-state index is -0.414. The molecule has 164 valence electrons. The summed E-state index contributed by atoms with van der Waals surface area (Å²) in [6.07, 6.45) is 7.94. The first-order valence-corrected chi connectivity index (χ1v) is 10.1. The largest absolute Gasteiger partial charge is 0.494 e. The second kappa shape index (κ2) is 19.3. The number of hydrogen-bond acceptors (Lipinski definition) is 4. The predicted molar refractivity (Wildman–Crippen MR) is 123 cm³/mol. The Hall–Kier alpha value is -1.01. The van der Waals surface area contributed by atoms with E-state index in [1.54, 1.807) is 0 Å². The van der Waals surface area contributed by atoms with E-state index in [1.807, 2.05) is 35.2 Å². The summed E-state index contributed by atoms with van der Waals surface area (Å²) in [6, 6.07) is 9.36. The van der Waals surface area contributed by atoms with E-state index >= 15 is 0 Å². The van der Waals surface area contributed by atoms with Gasteiger partial charge >= 0.3 is 0 Å². The van der Waals surface area contributed by atoms with Gasteiger partial charge in [0.15, 0.2) is 0 Å². The van der Waals surface area contributed by atoms with Gasteiger partial charge in [-0.3, -0.25) is 4.79 Å². The molecule has 0 heterocycles. The van der Waals surface area contributed by atoms with Crippen LogP contribution in [0.2, 0.25) is 0 Å². The fraction of sp³-hybridized carbons (Fsp3) is 0.667. The minimum absolute atomic E-state index is 0. The van der Waals surface area contributed by atoms with Gasteiger partial charge in [0.05, 0.1) is 12.6 Å². The summed E-state index contributed by atoms with van der Waals surface area (Å²) >= 11 is 0. The van der Waals surface area contributed by atoms with Crippen molar-refractivity contribution >= 4 is 30.7 Å². The van der Waals surface area contributed by atoms with E-state index in [0.29, 0.717) is 26.1 Å². The van der Waals surface area contributed by atoms with Gasteiger partial charge in [0.25, 0.3) is 0 Å². The van der Waals surface area contributed by atoms with Gasteiger partial charge in [0.1, 0.15) is 5.75 Å². The van der Waals surface area contributed by atoms with E-state index in [0.717, 1.165) is 44.4 Å². The molecule has 1 atom stereocenters. The van der Waals surface area contributed by atoms with Crippen molar-refractivity contribution in [3.8, 4) is 5.75 Å². The van der Waals surface area contributed by atoms with Crippen molar-refractivity contribution in [3.05, 3.63) is 30.3 Å². The van der Waals surface area contributed by atoms with E-state index in [4.69, 9.17) is 16.2 Å². The zero-order valence-corrected chi connectivity index (χ0v) is 18.8. The molecule has 1 aromatic rings. The molecule has 0 aliphatic heterocycles. The molecule has 1 amide bonds. The normalized spacial score (nSPS) is 11.1. The Labute approximate surface area is 183 Å². The van der Waals surface area contributed by atoms with Gasteiger partial charge in [0.2, 0.25) is 5.91 Å². The molecule has 7 heteroatoms. The Morgan fingerprint density at radius 3 is 2.32 bits per heavy atom. The SMILES string of the molecule is CCCCCCN(CCCOc1ccccc1)C(=O)[C@@H](N)CCCCN.Cl.Cl. The smallest absolute Gasteiger partial charge is 0.239 e. The molecule has 0 spiro atoms. The molecule has 0 saturated heterocycles. The van der Waals surface area contributed by atoms with Crippen LogP contribution < -0.4 is 16.2 Å². The van der Waals surface area contributed by atoms with Gasteiger partial charge in [-0.05, 0) is 44.4 Å². The number of rotatable bonds is 15. The van der Waals surface area contributed by atoms with Crippen molar-refractivity contribution in [3.63, 3.8) is 0 Å². The van der Waals surface area contributed by atoms with Crippen molar-refractivity contribution in [2.45, 2.75) is 64.3 Å². The average molecular weight is 436 g/mol. The Morgan fingerprint density at radius 1 is 1.00 bits per heavy atom. The maximum Gasteiger partial charge on any atom is 0.239 e. The Balaban J connectivity index is 0. The number of hydrogen-bond donors (Lipinski definition) is 2. The lowest BCUT2D eigenvalue weighted by atomic mass is 10.1. The highest BCUT2D eigenvalue weighted by Gasteiger charge is 2.20. The van der Waals surface area contributed by atoms with Crippen LogP contribution in [-0.2, 0) is 4.79 Å². The average Bonchev–Trinajstić information content (AvgIpc) is 2.67. The van der Waals surface area contributed by atoms with Crippen LogP contribution in [0.5, 0.6) is 5.75 Å². The second-order valence-electron chi connectivity index (χ2n) is 6.79. The maximum absolute atomic E-state index is 12.7. The Bertz CT molecular complexity index is 478. The lowest BCUT2D eigenvalue weighted by Crippen LogP contribution is -2.45. The van der Waals surface area contributed by atoms with Crippen molar-refractivity contribution < 1.29 is 9.53 Å². The van der Waals surface area contributed by atoms with E-state index in [9.17, 15) is 4.79 Å². The van der Waals surface area contributed by atoms with Crippen LogP contribution in [0, 0.1) is 0 Å². The molecule has 0 aliphatic rings. The second-order valence-corrected chi connectivity index (χ2v) is 6.79. The fourth-order valence-corrected chi connectivity index (χ4v) is 2.89. The van der Waals surface area contributed by atoms with Gasteiger partial charge in [-0.1, -0.05) is 50.8 Å². The molecule has 1 rings (SSSR count). The number of benzene rings is 1. The number of ether oxygens (including phenoxy) is 1. The highest BCUT2D eigenvalue weighted by atomic mass is 35.5. The summed E-state index contributed by atoms with van der Waals surface area (Å²) < 4.78 is 5.74. The van der Waals surface area contributed by atoms with Crippen molar-refractivity contribution in [2.75, 3.05) is 26.2 Å². The summed E-state index contributed by atoms with van der Waals surface area (Å²) in [6.45, 7) is 4.93. The quantitative estimate of drug-likeness (QED) is 0.405. The number of halogens is 2. The third-order valence-electron chi connectivity index (χ3n) is 4.46. The summed E-state index contributed by atoms with van der Waals surface area (Å²) in [5.41, 5.74) is 11.6. The molecule has 0 aliphatic carbocycles. The van der Waals surface area contributed by atoms with Gasteiger partial charge in [-0.2, -0.15) is 0 Å². The molecule has 0 saturated carbocycles. The Kier molecular flexibility index (Phi) is 20.1. The third-order valence-corrected chi connectivity index (χ3v) is 4.46. The standard InChI is InChI=1S/C21H37N3O2.2ClH/c1-2-3-4-10-16-24(21(25)20(23)14-8-9-15-22)17-11-18-26-19-12-6-5-7-13-19;;/h5-7,12-13,20H,2-4,8-11,14-18,22-23H2,1H3;2*1H/t20-;;/m0../s1. The van der Waals surface area contributed by atoms with Crippen molar-refractivity contribution in [1.82, 2.24) is 4.90 Å². The monoisotopic (exact) mass is 435 g/mol. The van der Waals surface area contributed by atoms with Crippen LogP contribution in [0.1, 0.15) is 58.3 Å². The Morgan fingerprint density at radius 2 is 1.68 bits per heavy atom. The molecule has 0 unspecified atom stereocenters. The van der Waals surface area contributed by atoms with E-state index in [2.05, 4.69) is 6.92 Å². The summed E-state index contributed by atoms with van der Waals surface area (Å²) in [4.78, 5) is 14.6. The molecule has 5 nitrogen and oxygen atoms in total. The number of nitrogens with two attached hydrogens (primary N) is 2. The summed E-state index contributed by atoms with van der Waals surface area (Å²) in [5, 5.41) is 0. The molecule has 4 N–H and O–H groups in total. The van der Waals surface area contributed by atoms with E-state index < -0.39 is 6.04 Å². The van der Waals surface area contributed by atoms with Crippen LogP contribution in [0.25, 0.3) is 0 Å². The molecule has 1 aromatic carbocycles. The highest BCUT2D eigenvalue weighted by molar-refractivity contribution is 5.85. The van der Waals surface area contributed by atoms with Crippen LogP contribution in [0.3, 0.4) is 0 Å². The van der Waals surface area contributed by atoms with Gasteiger partial charge < -0.3 is 21.1 Å². The molecule has 0 radical (unpaired) electrons. The molecule has 28 heavy (non-hydrogen) atoms. The number of carbonyl (C=O) groups excluding carboxylic acids is 1. The zero-order valence-electron chi connectivity index (χ0n) is 17.2. The van der Waals surface area contributed by atoms with Crippen LogP contribution >= 0.6 is 24.8 Å².